The highest BCUT2D eigenvalue weighted by Crippen LogP contribution is 2.28. The summed E-state index contributed by atoms with van der Waals surface area (Å²) in [6, 6.07) is -5.52. The number of para-hydroxylation sites is 2. The Morgan fingerprint density at radius 2 is 1.08 bits per heavy atom. The fraction of sp³-hybridized carbons (Fsp3) is 0.517. The summed E-state index contributed by atoms with van der Waals surface area (Å²) < 4.78 is 0. The average molecular weight is 1910 g/mol. The number of likely N-dealkylation sites (N-methyl/N-ethyl adjacent to an activating group) is 3. The largest absolute Gasteiger partial charge is 0.508 e. The van der Waals surface area contributed by atoms with Gasteiger partial charge in [-0.3, -0.25) is 86.9 Å². The number of thioether (sulfide) groups is 1. The van der Waals surface area contributed by atoms with Crippen LogP contribution in [0, 0.1) is 5.41 Å². The summed E-state index contributed by atoms with van der Waals surface area (Å²) in [7, 11) is 3.82. The van der Waals surface area contributed by atoms with Gasteiger partial charge in [0.05, 0.1) is 44.4 Å². The second kappa shape index (κ2) is 50.5. The van der Waals surface area contributed by atoms with Gasteiger partial charge in [-0.2, -0.15) is 0 Å². The average Bonchev–Trinajstić information content (AvgIpc) is 1.65. The van der Waals surface area contributed by atoms with E-state index < -0.39 is 254 Å². The van der Waals surface area contributed by atoms with Gasteiger partial charge in [0.25, 0.3) is 0 Å². The standard InChI is InChI=1S/C89H124N24O22S/c1-7-9-22-68-81(128)100-58(21-15-29-95-89(92)93)76(123)108-67(80(127)105-64(41-114)74(91)121)44-136-45-73(120)99-61(31-48-25-27-52(117)28-26-48)84(131)109(4)47(3)75(122)103-63(36-72(90)119)86(133)112-30-16-24-69(112)82(129)102-60(34-51-39-94-46-98-51)78(125)107-66(43-116)87(134)113-40-53(118)35-71(113)83(130)101-59(32-49-37-96-56-19-13-11-17-54(49)56)77(124)106-65(42-115)79(126)104-62(33-50-38-97-57-20-14-12-18-55(50)57)85(132)111(6)70(23-10-8-2)88(135)110(68)5/h11-14,17-20,25-28,37-39,46-47,53,58-71,96-97,114-118H,7-10,15-16,21-24,29-36,40-45H2,1-6H3,(H2,90,119)(H2,91,121)(H,94,98)(H,99,120)(H,100,128)(H,101,130)(H,102,129)(H,103,122)(H,104,126)(H,105,127)(H,106,124)(H,107,125)(H,108,123)(H4,92,93,95)/t47-,53+,58-,59-,60-,61-,62-,63-,64-,65-,66-,67?,68-,69-,70-,71-/m0/s1. The number of imidazole rings is 1. The lowest BCUT2D eigenvalue weighted by atomic mass is 10.00. The first-order valence-corrected chi connectivity index (χ1v) is 46.1. The van der Waals surface area contributed by atoms with Crippen LogP contribution < -0.4 is 75.7 Å². The lowest BCUT2D eigenvalue weighted by Crippen LogP contribution is -2.62. The molecule has 17 amide bonds. The number of carbonyl (C=O) groups is 17. The molecular weight excluding hydrogens is 1790 g/mol. The molecule has 47 heteroatoms. The minimum Gasteiger partial charge on any atom is -0.508 e. The number of carbonyl (C=O) groups excluding carboxylic acids is 17. The van der Waals surface area contributed by atoms with Gasteiger partial charge in [0, 0.05) is 125 Å². The third-order valence-electron chi connectivity index (χ3n) is 24.2. The zero-order valence-electron chi connectivity index (χ0n) is 76.4. The van der Waals surface area contributed by atoms with Gasteiger partial charge < -0.3 is 141 Å². The number of aromatic amines is 3. The maximum Gasteiger partial charge on any atom is 0.248 e. The molecule has 0 radical (unpaired) electrons. The molecule has 0 bridgehead atoms. The molecular formula is C89H124N24O22S. The van der Waals surface area contributed by atoms with Gasteiger partial charge in [-0.1, -0.05) is 88.1 Å². The fourth-order valence-corrected chi connectivity index (χ4v) is 17.3. The Morgan fingerprint density at radius 1 is 0.551 bits per heavy atom. The number of guanidine groups is 1. The van der Waals surface area contributed by atoms with Crippen LogP contribution in [0.25, 0.3) is 21.8 Å². The van der Waals surface area contributed by atoms with Gasteiger partial charge in [0.15, 0.2) is 5.96 Å². The number of rotatable bonds is 26. The monoisotopic (exact) mass is 1910 g/mol. The molecule has 3 aromatic heterocycles. The molecule has 16 atom stereocenters. The molecule has 3 aliphatic rings. The van der Waals surface area contributed by atoms with Crippen molar-refractivity contribution in [2.24, 2.45) is 17.2 Å². The van der Waals surface area contributed by atoms with E-state index in [4.69, 9.17) is 22.6 Å². The van der Waals surface area contributed by atoms with Gasteiger partial charge in [-0.05, 0) is 86.4 Å². The smallest absolute Gasteiger partial charge is 0.248 e. The number of aromatic hydroxyl groups is 1. The molecule has 26 N–H and O–H groups in total. The molecule has 3 aromatic carbocycles. The predicted molar refractivity (Wildman–Crippen MR) is 493 cm³/mol. The van der Waals surface area contributed by atoms with Crippen molar-refractivity contribution in [3.05, 3.63) is 120 Å². The van der Waals surface area contributed by atoms with Crippen molar-refractivity contribution in [2.75, 3.05) is 72.1 Å². The van der Waals surface area contributed by atoms with Crippen LogP contribution in [0.4, 0.5) is 0 Å². The Morgan fingerprint density at radius 3 is 1.67 bits per heavy atom. The maximum absolute atomic E-state index is 15.7. The summed E-state index contributed by atoms with van der Waals surface area (Å²) in [5.74, 6) is -19.3. The van der Waals surface area contributed by atoms with Gasteiger partial charge in [0.2, 0.25) is 100 Å². The number of primary amides is 2. The maximum atomic E-state index is 15.7. The highest BCUT2D eigenvalue weighted by atomic mass is 32.2. The molecule has 6 heterocycles. The molecule has 3 aliphatic heterocycles. The number of nitrogens with zero attached hydrogens (tertiary/aromatic N) is 6. The van der Waals surface area contributed by atoms with E-state index in [1.54, 1.807) is 60.9 Å². The highest BCUT2D eigenvalue weighted by Gasteiger charge is 2.47. The third-order valence-corrected chi connectivity index (χ3v) is 25.2. The van der Waals surface area contributed by atoms with E-state index in [1.807, 2.05) is 13.8 Å². The number of phenols is 1. The van der Waals surface area contributed by atoms with Crippen LogP contribution in [0.1, 0.15) is 120 Å². The van der Waals surface area contributed by atoms with Crippen LogP contribution in [0.5, 0.6) is 5.75 Å². The van der Waals surface area contributed by atoms with Crippen LogP contribution in [0.3, 0.4) is 0 Å². The number of fused-ring (bicyclic) bond motifs is 4. The number of hydrogen-bond donors (Lipinski definition) is 23. The third kappa shape index (κ3) is 28.6. The Kier molecular flexibility index (Phi) is 39.3. The summed E-state index contributed by atoms with van der Waals surface area (Å²) in [6.07, 6.45) is 2.82. The summed E-state index contributed by atoms with van der Waals surface area (Å²) >= 11 is 0.697. The van der Waals surface area contributed by atoms with E-state index in [1.165, 1.54) is 64.9 Å². The van der Waals surface area contributed by atoms with Crippen LogP contribution in [0.15, 0.2) is 97.7 Å². The molecule has 46 nitrogen and oxygen atoms in total. The van der Waals surface area contributed by atoms with Crippen molar-refractivity contribution in [3.8, 4) is 5.75 Å². The number of aliphatic hydroxyl groups excluding tert-OH is 4. The number of phenolic OH excluding ortho intramolecular Hbond substituents is 1. The van der Waals surface area contributed by atoms with Crippen LogP contribution >= 0.6 is 11.8 Å². The van der Waals surface area contributed by atoms with Crippen molar-refractivity contribution in [3.63, 3.8) is 0 Å². The molecule has 3 saturated heterocycles. The molecule has 136 heavy (non-hydrogen) atoms. The fourth-order valence-electron chi connectivity index (χ4n) is 16.5. The number of H-pyrrole nitrogens is 3. The molecule has 9 rings (SSSR count). The first-order chi connectivity index (χ1) is 64.9. The van der Waals surface area contributed by atoms with Crippen molar-refractivity contribution >= 4 is 140 Å². The van der Waals surface area contributed by atoms with E-state index in [-0.39, 0.29) is 88.7 Å². The Labute approximate surface area is 787 Å². The molecule has 738 valence electrons. The number of unbranched alkanes of at least 4 members (excludes halogenated alkanes) is 2. The molecule has 0 saturated carbocycles. The molecule has 0 aliphatic carbocycles. The second-order valence-electron chi connectivity index (χ2n) is 34.0. The van der Waals surface area contributed by atoms with Crippen molar-refractivity contribution in [2.45, 2.75) is 220 Å². The molecule has 3 fully saturated rings. The van der Waals surface area contributed by atoms with Crippen LogP contribution in [0.2, 0.25) is 0 Å². The van der Waals surface area contributed by atoms with Crippen LogP contribution in [-0.4, -0.2) is 345 Å². The number of nitrogens with one attached hydrogen (secondary N) is 15. The van der Waals surface area contributed by atoms with E-state index in [0.29, 0.717) is 75.9 Å². The van der Waals surface area contributed by atoms with Gasteiger partial charge in [-0.25, -0.2) is 4.98 Å². The van der Waals surface area contributed by atoms with Gasteiger partial charge in [-0.15, -0.1) is 11.8 Å². The second-order valence-corrected chi connectivity index (χ2v) is 35.0. The summed E-state index contributed by atoms with van der Waals surface area (Å²) in [6.45, 7) is 0.764. The number of hydrogen-bond acceptors (Lipinski definition) is 25. The van der Waals surface area contributed by atoms with E-state index in [0.717, 1.165) is 24.5 Å². The number of aliphatic hydroxyl groups is 4. The Bertz CT molecular complexity index is 5250. The zero-order valence-corrected chi connectivity index (χ0v) is 77.3. The first-order valence-electron chi connectivity index (χ1n) is 44.9. The molecule has 1 unspecified atom stereocenters. The number of amides is 17. The van der Waals surface area contributed by atoms with E-state index in [2.05, 4.69) is 78.4 Å². The quantitative estimate of drug-likeness (QED) is 0.0137. The van der Waals surface area contributed by atoms with Crippen LogP contribution in [-0.2, 0) is 107 Å². The minimum absolute atomic E-state index is 0.00805. The Hall–Kier alpha value is -13.8. The zero-order chi connectivity index (χ0) is 99.3. The predicted octanol–water partition coefficient (Wildman–Crippen LogP) is -5.62. The first kappa shape index (κ1) is 106. The van der Waals surface area contributed by atoms with Gasteiger partial charge >= 0.3 is 0 Å². The van der Waals surface area contributed by atoms with Crippen molar-refractivity contribution in [1.82, 2.24) is 103 Å². The number of benzene rings is 3. The van der Waals surface area contributed by atoms with Crippen molar-refractivity contribution in [1.29, 1.82) is 5.41 Å². The highest BCUT2D eigenvalue weighted by molar-refractivity contribution is 8.00. The van der Waals surface area contributed by atoms with E-state index >= 15 is 33.6 Å². The minimum atomic E-state index is -1.93. The normalized spacial score (nSPS) is 24.9. The number of aromatic nitrogens is 4. The summed E-state index contributed by atoms with van der Waals surface area (Å²) in [4.78, 5) is 268. The SMILES string of the molecule is CCCC[C@H]1C(=O)N(C)[C@@H](CCCC)C(=O)N[C@@H](CCCNC(=N)N)C(=O)NC(C(=O)N[C@@H](CO)C(N)=O)CSCC(=O)N[C@@H](Cc2ccc(O)cc2)C(=O)N(C)[C@@H](C)C(=O)N[C@@H](CC(N)=O)C(=O)N2CCC[C@H]2C(=O)N[C@@H](Cc2cnc[nH]2)C(=O)N[C@@H](CO)C(=O)N2C[C@H](O)C[C@H]2C(=O)N[C@@H](Cc2c[nH]c3ccccc23)C(=O)N[C@@H](CO)C(=O)N[C@@H](Cc2c[nH]c3ccccc23)C(=O)N1C. The summed E-state index contributed by atoms with van der Waals surface area (Å²) in [5, 5.41) is 91.2. The lowest BCUT2D eigenvalue weighted by molar-refractivity contribution is -0.149. The molecule has 0 spiro atoms. The molecule has 6 aromatic rings. The summed E-state index contributed by atoms with van der Waals surface area (Å²) in [5.41, 5.74) is 19.6. The van der Waals surface area contributed by atoms with E-state index in [9.17, 15) is 73.5 Å². The Balaban J connectivity index is 1.10. The number of nitrogens with two attached hydrogens (primary N) is 3. The topological polar surface area (TPSA) is 702 Å². The van der Waals surface area contributed by atoms with Gasteiger partial charge in [0.1, 0.15) is 96.4 Å². The lowest BCUT2D eigenvalue weighted by Gasteiger charge is -2.36. The van der Waals surface area contributed by atoms with Crippen molar-refractivity contribution < 1.29 is 107 Å².